The van der Waals surface area contributed by atoms with Gasteiger partial charge < -0.3 is 15.3 Å². The number of carboxylic acids is 3. The highest BCUT2D eigenvalue weighted by Crippen LogP contribution is 2.10. The second kappa shape index (κ2) is 11.6. The lowest BCUT2D eigenvalue weighted by molar-refractivity contribution is -0.907. The first-order valence-corrected chi connectivity index (χ1v) is 7.97. The van der Waals surface area contributed by atoms with E-state index in [0.717, 1.165) is 19.3 Å². The molecule has 132 valence electrons. The van der Waals surface area contributed by atoms with Crippen LogP contribution in [0.1, 0.15) is 45.4 Å². The lowest BCUT2D eigenvalue weighted by atomic mass is 10.1. The van der Waals surface area contributed by atoms with Crippen molar-refractivity contribution in [2.24, 2.45) is 0 Å². The zero-order valence-corrected chi connectivity index (χ0v) is 13.7. The largest absolute Gasteiger partial charge is 0.477 e. The SMILES string of the molecule is CCCCCC/C=C/CC[N+](CC(=O)O)(CC(=O)O)CC(=O)O. The number of allylic oxidation sites excluding steroid dienone is 1. The minimum atomic E-state index is -1.20. The van der Waals surface area contributed by atoms with Crippen LogP contribution in [-0.2, 0) is 14.4 Å². The van der Waals surface area contributed by atoms with Gasteiger partial charge in [0.05, 0.1) is 6.54 Å². The van der Waals surface area contributed by atoms with Crippen LogP contribution in [0.4, 0.5) is 0 Å². The summed E-state index contributed by atoms with van der Waals surface area (Å²) in [6.07, 6.45) is 9.88. The molecule has 0 amide bonds. The normalized spacial score (nSPS) is 11.7. The van der Waals surface area contributed by atoms with E-state index in [9.17, 15) is 14.4 Å². The van der Waals surface area contributed by atoms with E-state index >= 15 is 0 Å². The summed E-state index contributed by atoms with van der Waals surface area (Å²) >= 11 is 0. The van der Waals surface area contributed by atoms with Crippen molar-refractivity contribution in [3.05, 3.63) is 12.2 Å². The molecule has 0 unspecified atom stereocenters. The quantitative estimate of drug-likeness (QED) is 0.255. The molecule has 0 spiro atoms. The number of hydrogen-bond acceptors (Lipinski definition) is 3. The summed E-state index contributed by atoms with van der Waals surface area (Å²) in [4.78, 5) is 33.0. The number of unbranched alkanes of at least 4 members (excludes halogenated alkanes) is 4. The number of nitrogens with zero attached hydrogens (tertiary/aromatic N) is 1. The summed E-state index contributed by atoms with van der Waals surface area (Å²) in [7, 11) is 0. The van der Waals surface area contributed by atoms with Gasteiger partial charge in [-0.3, -0.25) is 4.48 Å². The molecule has 0 radical (unpaired) electrons. The molecule has 0 aromatic carbocycles. The lowest BCUT2D eigenvalue weighted by Gasteiger charge is -2.33. The van der Waals surface area contributed by atoms with Crippen molar-refractivity contribution in [1.29, 1.82) is 0 Å². The van der Waals surface area contributed by atoms with Crippen molar-refractivity contribution >= 4 is 17.9 Å². The Morgan fingerprint density at radius 1 is 0.783 bits per heavy atom. The summed E-state index contributed by atoms with van der Waals surface area (Å²) in [6.45, 7) is 0.784. The molecule has 0 bridgehead atoms. The minimum absolute atomic E-state index is 0.177. The van der Waals surface area contributed by atoms with E-state index in [1.165, 1.54) is 12.8 Å². The van der Waals surface area contributed by atoms with Crippen molar-refractivity contribution in [2.45, 2.75) is 45.4 Å². The average molecular weight is 330 g/mol. The molecule has 0 saturated heterocycles. The van der Waals surface area contributed by atoms with Crippen LogP contribution in [0.25, 0.3) is 0 Å². The predicted molar refractivity (Wildman–Crippen MR) is 85.2 cm³/mol. The molecule has 7 nitrogen and oxygen atoms in total. The van der Waals surface area contributed by atoms with Gasteiger partial charge in [0.25, 0.3) is 0 Å². The Hall–Kier alpha value is -1.89. The summed E-state index contributed by atoms with van der Waals surface area (Å²) in [5, 5.41) is 26.9. The van der Waals surface area contributed by atoms with Crippen LogP contribution in [0, 0.1) is 0 Å². The molecule has 0 aliphatic rings. The van der Waals surface area contributed by atoms with Gasteiger partial charge in [0.1, 0.15) is 0 Å². The van der Waals surface area contributed by atoms with Gasteiger partial charge >= 0.3 is 17.9 Å². The van der Waals surface area contributed by atoms with Gasteiger partial charge in [0.15, 0.2) is 19.6 Å². The molecule has 0 aliphatic heterocycles. The van der Waals surface area contributed by atoms with Crippen molar-refractivity contribution in [3.63, 3.8) is 0 Å². The predicted octanol–water partition coefficient (Wildman–Crippen LogP) is 1.97. The molecular weight excluding hydrogens is 302 g/mol. The van der Waals surface area contributed by atoms with Crippen LogP contribution in [0.2, 0.25) is 0 Å². The van der Waals surface area contributed by atoms with Crippen LogP contribution >= 0.6 is 0 Å². The third kappa shape index (κ3) is 11.3. The third-order valence-electron chi connectivity index (χ3n) is 3.57. The van der Waals surface area contributed by atoms with Gasteiger partial charge in [-0.15, -0.1) is 0 Å². The van der Waals surface area contributed by atoms with Crippen molar-refractivity contribution < 1.29 is 34.2 Å². The zero-order valence-electron chi connectivity index (χ0n) is 13.7. The molecule has 23 heavy (non-hydrogen) atoms. The van der Waals surface area contributed by atoms with Crippen molar-refractivity contribution in [1.82, 2.24) is 0 Å². The van der Waals surface area contributed by atoms with Crippen LogP contribution in [0.15, 0.2) is 12.2 Å². The minimum Gasteiger partial charge on any atom is -0.477 e. The smallest absolute Gasteiger partial charge is 0.359 e. The Morgan fingerprint density at radius 3 is 1.70 bits per heavy atom. The summed E-state index contributed by atoms with van der Waals surface area (Å²) in [5.41, 5.74) is 0. The maximum Gasteiger partial charge on any atom is 0.359 e. The van der Waals surface area contributed by atoms with Crippen LogP contribution in [0.3, 0.4) is 0 Å². The topological polar surface area (TPSA) is 112 Å². The maximum absolute atomic E-state index is 11.0. The van der Waals surface area contributed by atoms with Gasteiger partial charge in [0, 0.05) is 6.42 Å². The van der Waals surface area contributed by atoms with Gasteiger partial charge in [-0.25, -0.2) is 14.4 Å². The number of carboxylic acid groups (broad SMARTS) is 3. The molecule has 0 aromatic rings. The number of quaternary nitrogens is 1. The Labute approximate surface area is 136 Å². The average Bonchev–Trinajstić information content (AvgIpc) is 2.39. The van der Waals surface area contributed by atoms with Crippen LogP contribution < -0.4 is 0 Å². The molecule has 0 atom stereocenters. The summed E-state index contributed by atoms with van der Waals surface area (Å²) in [5.74, 6) is -3.59. The number of rotatable bonds is 14. The van der Waals surface area contributed by atoms with Crippen molar-refractivity contribution in [3.8, 4) is 0 Å². The van der Waals surface area contributed by atoms with Crippen molar-refractivity contribution in [2.75, 3.05) is 26.2 Å². The highest BCUT2D eigenvalue weighted by atomic mass is 16.4. The first-order chi connectivity index (χ1) is 10.8. The van der Waals surface area contributed by atoms with E-state index in [-0.39, 0.29) is 6.54 Å². The summed E-state index contributed by atoms with van der Waals surface area (Å²) < 4.78 is -0.486. The van der Waals surface area contributed by atoms with E-state index in [1.807, 2.05) is 12.2 Å². The summed E-state index contributed by atoms with van der Waals surface area (Å²) in [6, 6.07) is 0. The Kier molecular flexibility index (Phi) is 10.7. The van der Waals surface area contributed by atoms with Crippen LogP contribution in [0.5, 0.6) is 0 Å². The van der Waals surface area contributed by atoms with Gasteiger partial charge in [-0.1, -0.05) is 38.3 Å². The third-order valence-corrected chi connectivity index (χ3v) is 3.57. The van der Waals surface area contributed by atoms with E-state index in [4.69, 9.17) is 15.3 Å². The molecule has 0 fully saturated rings. The fourth-order valence-electron chi connectivity index (χ4n) is 2.54. The molecule has 0 rings (SSSR count). The first kappa shape index (κ1) is 21.1. The molecule has 3 N–H and O–H groups in total. The fraction of sp³-hybridized carbons (Fsp3) is 0.688. The molecular formula is C16H28NO6+. The number of carbonyl (C=O) groups is 3. The Bertz CT molecular complexity index is 378. The molecule has 7 heteroatoms. The second-order valence-electron chi connectivity index (χ2n) is 5.83. The van der Waals surface area contributed by atoms with E-state index < -0.39 is 42.0 Å². The second-order valence-corrected chi connectivity index (χ2v) is 5.83. The molecule has 0 aromatic heterocycles. The monoisotopic (exact) mass is 330 g/mol. The zero-order chi connectivity index (χ0) is 17.7. The lowest BCUT2D eigenvalue weighted by Crippen LogP contribution is -2.57. The van der Waals surface area contributed by atoms with Gasteiger partial charge in [-0.05, 0) is 12.8 Å². The number of aliphatic carboxylic acids is 3. The molecule has 0 aliphatic carbocycles. The highest BCUT2D eigenvalue weighted by Gasteiger charge is 2.35. The highest BCUT2D eigenvalue weighted by molar-refractivity contribution is 5.73. The first-order valence-electron chi connectivity index (χ1n) is 7.97. The Morgan fingerprint density at radius 2 is 1.26 bits per heavy atom. The molecule has 0 saturated carbocycles. The molecule has 0 heterocycles. The van der Waals surface area contributed by atoms with E-state index in [2.05, 4.69) is 6.92 Å². The van der Waals surface area contributed by atoms with Gasteiger partial charge in [-0.2, -0.15) is 0 Å². The maximum atomic E-state index is 11.0. The fourth-order valence-corrected chi connectivity index (χ4v) is 2.54. The van der Waals surface area contributed by atoms with Crippen LogP contribution in [-0.4, -0.2) is 63.9 Å². The standard InChI is InChI=1S/C16H27NO6/c1-2-3-4-5-6-7-8-9-10-17(11-14(18)19,12-15(20)21)13-16(22)23/h7-8H,2-6,9-13H2,1H3,(H2-,18,19,20,21,22,23)/p+1/b8-7+. The van der Waals surface area contributed by atoms with Gasteiger partial charge in [0.2, 0.25) is 0 Å². The number of hydrogen-bond donors (Lipinski definition) is 3. The Balaban J connectivity index is 4.60. The van der Waals surface area contributed by atoms with E-state index in [1.54, 1.807) is 0 Å². The van der Waals surface area contributed by atoms with E-state index in [0.29, 0.717) is 6.42 Å².